The van der Waals surface area contributed by atoms with Crippen LogP contribution in [0.5, 0.6) is 0 Å². The highest BCUT2D eigenvalue weighted by Crippen LogP contribution is 2.04. The van der Waals surface area contributed by atoms with Gasteiger partial charge in [-0.2, -0.15) is 0 Å². The highest BCUT2D eigenvalue weighted by atomic mass is 16.6. The minimum Gasteiger partial charge on any atom is -0.480 e. The molecule has 1 fully saturated rings. The van der Waals surface area contributed by atoms with Gasteiger partial charge in [0.25, 0.3) is 5.91 Å². The molecule has 8 nitrogen and oxygen atoms in total. The average Bonchev–Trinajstić information content (AvgIpc) is 2.91. The van der Waals surface area contributed by atoms with Gasteiger partial charge in [-0.1, -0.05) is 0 Å². The number of aromatic nitrogens is 2. The molecule has 104 valence electrons. The van der Waals surface area contributed by atoms with E-state index in [2.05, 4.69) is 15.3 Å². The van der Waals surface area contributed by atoms with Crippen LogP contribution in [0.4, 0.5) is 0 Å². The predicted octanol–water partition coefficient (Wildman–Crippen LogP) is -1.06. The van der Waals surface area contributed by atoms with Crippen LogP contribution in [0.25, 0.3) is 0 Å². The summed E-state index contributed by atoms with van der Waals surface area (Å²) < 4.78 is 10.3. The van der Waals surface area contributed by atoms with E-state index in [0.29, 0.717) is 18.9 Å². The van der Waals surface area contributed by atoms with Crippen LogP contribution < -0.4 is 5.32 Å². The molecule has 1 aliphatic heterocycles. The molecule has 0 bridgehead atoms. The molecule has 3 N–H and O–H groups in total. The summed E-state index contributed by atoms with van der Waals surface area (Å²) in [6.45, 7) is 0.916. The zero-order chi connectivity index (χ0) is 13.7. The SMILES string of the molecule is O=C(N[C@H](Cc1cnc[nH]1)C(=O)O)C1COCCO1. The fraction of sp³-hybridized carbons (Fsp3) is 0.545. The van der Waals surface area contributed by atoms with Gasteiger partial charge in [0.2, 0.25) is 0 Å². The molecule has 1 amide bonds. The lowest BCUT2D eigenvalue weighted by Crippen LogP contribution is -2.50. The first-order valence-electron chi connectivity index (χ1n) is 5.86. The van der Waals surface area contributed by atoms with Gasteiger partial charge in [-0.05, 0) is 0 Å². The minimum atomic E-state index is -1.11. The molecule has 0 aromatic carbocycles. The Morgan fingerprint density at radius 3 is 3.00 bits per heavy atom. The van der Waals surface area contributed by atoms with Gasteiger partial charge < -0.3 is 24.9 Å². The molecule has 1 aromatic heterocycles. The number of H-pyrrole nitrogens is 1. The molecule has 0 saturated carbocycles. The third-order valence-electron chi connectivity index (χ3n) is 2.70. The monoisotopic (exact) mass is 269 g/mol. The molecule has 1 aliphatic rings. The molecule has 1 aromatic rings. The number of imidazole rings is 1. The summed E-state index contributed by atoms with van der Waals surface area (Å²) in [5.74, 6) is -1.59. The van der Waals surface area contributed by atoms with Gasteiger partial charge in [0.05, 0.1) is 26.1 Å². The molecule has 2 rings (SSSR count). The number of aliphatic carboxylic acids is 1. The van der Waals surface area contributed by atoms with E-state index < -0.39 is 24.0 Å². The zero-order valence-corrected chi connectivity index (χ0v) is 10.2. The van der Waals surface area contributed by atoms with E-state index in [-0.39, 0.29) is 13.0 Å². The van der Waals surface area contributed by atoms with E-state index in [9.17, 15) is 9.59 Å². The lowest BCUT2D eigenvalue weighted by atomic mass is 10.1. The Kier molecular flexibility index (Phi) is 4.48. The van der Waals surface area contributed by atoms with E-state index in [1.165, 1.54) is 12.5 Å². The molecule has 0 radical (unpaired) electrons. The molecule has 2 heterocycles. The van der Waals surface area contributed by atoms with E-state index >= 15 is 0 Å². The van der Waals surface area contributed by atoms with Crippen LogP contribution in [0.15, 0.2) is 12.5 Å². The number of rotatable bonds is 5. The summed E-state index contributed by atoms with van der Waals surface area (Å²) in [6.07, 6.45) is 2.35. The van der Waals surface area contributed by atoms with Crippen LogP contribution >= 0.6 is 0 Å². The van der Waals surface area contributed by atoms with Crippen molar-refractivity contribution >= 4 is 11.9 Å². The Morgan fingerprint density at radius 1 is 1.58 bits per heavy atom. The van der Waals surface area contributed by atoms with E-state index in [4.69, 9.17) is 14.6 Å². The first-order chi connectivity index (χ1) is 9.16. The lowest BCUT2D eigenvalue weighted by Gasteiger charge is -2.23. The normalized spacial score (nSPS) is 20.7. The van der Waals surface area contributed by atoms with Crippen LogP contribution in [0.2, 0.25) is 0 Å². The van der Waals surface area contributed by atoms with Gasteiger partial charge in [-0.25, -0.2) is 9.78 Å². The number of nitrogens with zero attached hydrogens (tertiary/aromatic N) is 1. The van der Waals surface area contributed by atoms with Crippen molar-refractivity contribution in [3.8, 4) is 0 Å². The number of hydrogen-bond donors (Lipinski definition) is 3. The van der Waals surface area contributed by atoms with Gasteiger partial charge in [0.15, 0.2) is 6.10 Å². The smallest absolute Gasteiger partial charge is 0.326 e. The van der Waals surface area contributed by atoms with Crippen LogP contribution in [0.3, 0.4) is 0 Å². The first kappa shape index (κ1) is 13.5. The van der Waals surface area contributed by atoms with Crippen LogP contribution in [0, 0.1) is 0 Å². The van der Waals surface area contributed by atoms with Gasteiger partial charge in [-0.3, -0.25) is 4.79 Å². The number of carbonyl (C=O) groups excluding carboxylic acids is 1. The maximum absolute atomic E-state index is 11.8. The molecular weight excluding hydrogens is 254 g/mol. The number of nitrogens with one attached hydrogen (secondary N) is 2. The summed E-state index contributed by atoms with van der Waals surface area (Å²) in [6, 6.07) is -1.03. The second-order valence-electron chi connectivity index (χ2n) is 4.11. The summed E-state index contributed by atoms with van der Waals surface area (Å²) in [5, 5.41) is 11.5. The minimum absolute atomic E-state index is 0.134. The standard InChI is InChI=1S/C11H15N3O5/c15-10(9-5-18-1-2-19-9)14-8(11(16)17)3-7-4-12-6-13-7/h4,6,8-9H,1-3,5H2,(H,12,13)(H,14,15)(H,16,17)/t8-,9?/m1/s1. The molecule has 1 saturated heterocycles. The molecule has 2 atom stereocenters. The summed E-state index contributed by atoms with van der Waals surface area (Å²) in [4.78, 5) is 29.6. The van der Waals surface area contributed by atoms with Crippen LogP contribution in [-0.4, -0.2) is 58.9 Å². The number of amides is 1. The molecular formula is C11H15N3O5. The third kappa shape index (κ3) is 3.76. The highest BCUT2D eigenvalue weighted by molar-refractivity contribution is 5.86. The van der Waals surface area contributed by atoms with Crippen molar-refractivity contribution in [2.45, 2.75) is 18.6 Å². The second-order valence-corrected chi connectivity index (χ2v) is 4.11. The first-order valence-corrected chi connectivity index (χ1v) is 5.86. The van der Waals surface area contributed by atoms with Gasteiger partial charge >= 0.3 is 5.97 Å². The molecule has 1 unspecified atom stereocenters. The largest absolute Gasteiger partial charge is 0.480 e. The van der Waals surface area contributed by atoms with E-state index in [1.54, 1.807) is 0 Å². The summed E-state index contributed by atoms with van der Waals surface area (Å²) >= 11 is 0. The van der Waals surface area contributed by atoms with Crippen LogP contribution in [0.1, 0.15) is 5.69 Å². The quantitative estimate of drug-likeness (QED) is 0.627. The molecule has 0 aliphatic carbocycles. The van der Waals surface area contributed by atoms with Crippen LogP contribution in [-0.2, 0) is 25.5 Å². The number of carboxylic acids is 1. The third-order valence-corrected chi connectivity index (χ3v) is 2.70. The zero-order valence-electron chi connectivity index (χ0n) is 10.2. The van der Waals surface area contributed by atoms with E-state index in [1.807, 2.05) is 0 Å². The topological polar surface area (TPSA) is 114 Å². The van der Waals surface area contributed by atoms with Gasteiger partial charge in [-0.15, -0.1) is 0 Å². The maximum Gasteiger partial charge on any atom is 0.326 e. The van der Waals surface area contributed by atoms with Crippen molar-refractivity contribution in [3.63, 3.8) is 0 Å². The number of aromatic amines is 1. The summed E-state index contributed by atoms with van der Waals surface area (Å²) in [5.41, 5.74) is 0.633. The molecule has 0 spiro atoms. The van der Waals surface area contributed by atoms with Gasteiger partial charge in [0.1, 0.15) is 6.04 Å². The lowest BCUT2D eigenvalue weighted by molar-refractivity contribution is -0.152. The Labute approximate surface area is 109 Å². The average molecular weight is 269 g/mol. The predicted molar refractivity (Wildman–Crippen MR) is 62.4 cm³/mol. The Balaban J connectivity index is 1.92. The number of carbonyl (C=O) groups is 2. The Morgan fingerprint density at radius 2 is 2.42 bits per heavy atom. The highest BCUT2D eigenvalue weighted by Gasteiger charge is 2.28. The Hall–Kier alpha value is -1.93. The van der Waals surface area contributed by atoms with E-state index in [0.717, 1.165) is 0 Å². The van der Waals surface area contributed by atoms with Crippen molar-refractivity contribution in [2.75, 3.05) is 19.8 Å². The van der Waals surface area contributed by atoms with Gasteiger partial charge in [0, 0.05) is 18.3 Å². The van der Waals surface area contributed by atoms with Crippen molar-refractivity contribution in [1.82, 2.24) is 15.3 Å². The fourth-order valence-electron chi connectivity index (χ4n) is 1.72. The van der Waals surface area contributed by atoms with Crippen molar-refractivity contribution in [2.24, 2.45) is 0 Å². The maximum atomic E-state index is 11.8. The molecule has 19 heavy (non-hydrogen) atoms. The second kappa shape index (κ2) is 6.30. The van der Waals surface area contributed by atoms with Crippen molar-refractivity contribution < 1.29 is 24.2 Å². The summed E-state index contributed by atoms with van der Waals surface area (Å²) in [7, 11) is 0. The number of carboxylic acid groups (broad SMARTS) is 1. The van der Waals surface area contributed by atoms with Crippen molar-refractivity contribution in [3.05, 3.63) is 18.2 Å². The number of hydrogen-bond acceptors (Lipinski definition) is 5. The van der Waals surface area contributed by atoms with Crippen molar-refractivity contribution in [1.29, 1.82) is 0 Å². The molecule has 8 heteroatoms. The Bertz CT molecular complexity index is 428. The number of ether oxygens (including phenoxy) is 2. The fourth-order valence-corrected chi connectivity index (χ4v) is 1.72.